The molecule has 172 valence electrons. The zero-order valence-corrected chi connectivity index (χ0v) is 20.8. The minimum absolute atomic E-state index is 0.295. The third kappa shape index (κ3) is 4.13. The van der Waals surface area contributed by atoms with Gasteiger partial charge in [0.15, 0.2) is 5.25 Å². The van der Waals surface area contributed by atoms with Gasteiger partial charge in [-0.3, -0.25) is 20.1 Å². The molecule has 0 radical (unpaired) electrons. The number of thioether (sulfide) groups is 1. The molecule has 0 aliphatic carbocycles. The van der Waals surface area contributed by atoms with Gasteiger partial charge >= 0.3 is 0 Å². The zero-order chi connectivity index (χ0) is 23.8. The maximum absolute atomic E-state index is 13.5. The van der Waals surface area contributed by atoms with E-state index in [1.165, 1.54) is 16.8 Å². The minimum Gasteiger partial charge on any atom is -0.282 e. The van der Waals surface area contributed by atoms with E-state index in [-0.39, 0.29) is 11.8 Å². The molecule has 1 fully saturated rings. The number of rotatable bonds is 6. The van der Waals surface area contributed by atoms with Crippen LogP contribution in [0, 0.1) is 13.8 Å². The number of carbonyl (C=O) groups excluding carboxylic acids is 2. The van der Waals surface area contributed by atoms with E-state index >= 15 is 0 Å². The fourth-order valence-electron chi connectivity index (χ4n) is 4.16. The summed E-state index contributed by atoms with van der Waals surface area (Å²) in [7, 11) is 0. The largest absolute Gasteiger partial charge is 0.282 e. The summed E-state index contributed by atoms with van der Waals surface area (Å²) in [6.07, 6.45) is 0. The molecule has 2 unspecified atom stereocenters. The van der Waals surface area contributed by atoms with E-state index in [1.807, 2.05) is 73.1 Å². The number of aromatic nitrogens is 2. The van der Waals surface area contributed by atoms with Crippen LogP contribution in [0.3, 0.4) is 0 Å². The number of hydrazine groups is 1. The van der Waals surface area contributed by atoms with Crippen LogP contribution < -0.4 is 5.43 Å². The van der Waals surface area contributed by atoms with Crippen LogP contribution in [0.2, 0.25) is 5.02 Å². The highest BCUT2D eigenvalue weighted by molar-refractivity contribution is 8.01. The first kappa shape index (κ1) is 22.7. The van der Waals surface area contributed by atoms with Crippen LogP contribution in [0.5, 0.6) is 0 Å². The summed E-state index contributed by atoms with van der Waals surface area (Å²) in [5.74, 6) is -0.645. The van der Waals surface area contributed by atoms with Crippen molar-refractivity contribution in [2.45, 2.75) is 30.0 Å². The molecule has 1 aliphatic rings. The summed E-state index contributed by atoms with van der Waals surface area (Å²) in [6.45, 7) is 3.96. The number of H-pyrrole nitrogens is 1. The molecule has 3 heterocycles. The van der Waals surface area contributed by atoms with Gasteiger partial charge in [0.05, 0.1) is 10.7 Å². The van der Waals surface area contributed by atoms with E-state index < -0.39 is 11.3 Å². The zero-order valence-electron chi connectivity index (χ0n) is 18.4. The molecule has 2 atom stereocenters. The Labute approximate surface area is 210 Å². The Kier molecular flexibility index (Phi) is 6.20. The first-order valence-corrected chi connectivity index (χ1v) is 12.8. The van der Waals surface area contributed by atoms with E-state index in [4.69, 9.17) is 11.6 Å². The molecule has 1 aliphatic heterocycles. The molecule has 9 heteroatoms. The third-order valence-corrected chi connectivity index (χ3v) is 8.18. The molecule has 0 bridgehead atoms. The average molecular weight is 509 g/mol. The Bertz CT molecular complexity index is 1330. The van der Waals surface area contributed by atoms with E-state index in [2.05, 4.69) is 15.6 Å². The number of benzene rings is 2. The van der Waals surface area contributed by atoms with Crippen LogP contribution in [0.4, 0.5) is 0 Å². The Hall–Kier alpha value is -3.07. The van der Waals surface area contributed by atoms with Crippen LogP contribution >= 0.6 is 34.7 Å². The van der Waals surface area contributed by atoms with Gasteiger partial charge in [0.25, 0.3) is 11.8 Å². The molecule has 0 spiro atoms. The molecule has 2 aromatic carbocycles. The molecule has 5 rings (SSSR count). The number of halogens is 1. The van der Waals surface area contributed by atoms with Gasteiger partial charge in [-0.25, -0.2) is 5.01 Å². The lowest BCUT2D eigenvalue weighted by Gasteiger charge is -2.27. The van der Waals surface area contributed by atoms with E-state index in [0.29, 0.717) is 9.92 Å². The van der Waals surface area contributed by atoms with E-state index in [1.54, 1.807) is 17.4 Å². The van der Waals surface area contributed by atoms with Crippen LogP contribution in [0.25, 0.3) is 11.1 Å². The normalized spacial score (nSPS) is 16.7. The Balaban J connectivity index is 1.47. The van der Waals surface area contributed by atoms with Gasteiger partial charge in [0.2, 0.25) is 0 Å². The highest BCUT2D eigenvalue weighted by Crippen LogP contribution is 2.38. The first-order chi connectivity index (χ1) is 16.4. The summed E-state index contributed by atoms with van der Waals surface area (Å²) in [4.78, 5) is 27.0. The molecule has 2 N–H and O–H groups in total. The van der Waals surface area contributed by atoms with Gasteiger partial charge in [0.1, 0.15) is 6.04 Å². The molecule has 1 saturated heterocycles. The van der Waals surface area contributed by atoms with Crippen molar-refractivity contribution >= 4 is 46.5 Å². The number of aromatic amines is 1. The van der Waals surface area contributed by atoms with Gasteiger partial charge in [-0.2, -0.15) is 16.4 Å². The fraction of sp³-hybridized carbons (Fsp3) is 0.160. The number of nitrogens with zero attached hydrogens (tertiary/aromatic N) is 2. The lowest BCUT2D eigenvalue weighted by Crippen LogP contribution is -2.39. The number of amides is 2. The highest BCUT2D eigenvalue weighted by Gasteiger charge is 2.44. The number of nitrogens with one attached hydrogen (secondary N) is 2. The predicted octanol–water partition coefficient (Wildman–Crippen LogP) is 5.53. The molecule has 4 aromatic rings. The monoisotopic (exact) mass is 508 g/mol. The predicted molar refractivity (Wildman–Crippen MR) is 136 cm³/mol. The second kappa shape index (κ2) is 9.29. The quantitative estimate of drug-likeness (QED) is 0.335. The molecular weight excluding hydrogens is 488 g/mol. The first-order valence-electron chi connectivity index (χ1n) is 10.6. The highest BCUT2D eigenvalue weighted by atomic mass is 35.5. The van der Waals surface area contributed by atoms with E-state index in [9.17, 15) is 9.59 Å². The molecule has 2 amide bonds. The number of hydrogen-bond acceptors (Lipinski definition) is 5. The van der Waals surface area contributed by atoms with Crippen molar-refractivity contribution in [3.8, 4) is 11.1 Å². The summed E-state index contributed by atoms with van der Waals surface area (Å²) in [5, 5.41) is 12.3. The van der Waals surface area contributed by atoms with Crippen LogP contribution in [-0.2, 0) is 9.59 Å². The van der Waals surface area contributed by atoms with E-state index in [0.717, 1.165) is 33.6 Å². The second-order valence-corrected chi connectivity index (χ2v) is 10.3. The van der Waals surface area contributed by atoms with Gasteiger partial charge < -0.3 is 0 Å². The molecule has 34 heavy (non-hydrogen) atoms. The topological polar surface area (TPSA) is 78.1 Å². The van der Waals surface area contributed by atoms with Gasteiger partial charge in [-0.15, -0.1) is 11.8 Å². The summed E-state index contributed by atoms with van der Waals surface area (Å²) >= 11 is 8.99. The van der Waals surface area contributed by atoms with Gasteiger partial charge in [0, 0.05) is 16.2 Å². The smallest absolute Gasteiger partial charge is 0.265 e. The fourth-order valence-corrected chi connectivity index (χ4v) is 6.08. The van der Waals surface area contributed by atoms with Crippen LogP contribution in [-0.4, -0.2) is 32.3 Å². The van der Waals surface area contributed by atoms with Crippen LogP contribution in [0.15, 0.2) is 70.3 Å². The number of hydrogen-bond donors (Lipinski definition) is 2. The molecular formula is C25H21ClN4O2S2. The molecule has 0 saturated carbocycles. The summed E-state index contributed by atoms with van der Waals surface area (Å²) in [5.41, 5.74) is 8.69. The second-order valence-electron chi connectivity index (χ2n) is 8.00. The van der Waals surface area contributed by atoms with Crippen molar-refractivity contribution in [1.82, 2.24) is 20.6 Å². The maximum Gasteiger partial charge on any atom is 0.265 e. The van der Waals surface area contributed by atoms with Crippen molar-refractivity contribution in [1.29, 1.82) is 0 Å². The average Bonchev–Trinajstić information content (AvgIpc) is 3.54. The molecule has 2 aromatic heterocycles. The molecule has 6 nitrogen and oxygen atoms in total. The third-order valence-electron chi connectivity index (χ3n) is 5.77. The number of carbonyl (C=O) groups is 2. The Morgan fingerprint density at radius 2 is 1.82 bits per heavy atom. The van der Waals surface area contributed by atoms with Gasteiger partial charge in [-0.1, -0.05) is 48.0 Å². The van der Waals surface area contributed by atoms with Crippen molar-refractivity contribution in [2.24, 2.45) is 0 Å². The minimum atomic E-state index is -0.906. The Morgan fingerprint density at radius 1 is 1.06 bits per heavy atom. The van der Waals surface area contributed by atoms with Gasteiger partial charge in [-0.05, 0) is 59.5 Å². The van der Waals surface area contributed by atoms with Crippen molar-refractivity contribution in [2.75, 3.05) is 0 Å². The Morgan fingerprint density at radius 3 is 2.47 bits per heavy atom. The SMILES string of the molecule is Cc1n[nH]c(C)c1-c1ccc(C(c2ccsc2)N2NC(=O)C(Sc3ccccc3Cl)C2=O)cc1. The van der Waals surface area contributed by atoms with Crippen molar-refractivity contribution in [3.63, 3.8) is 0 Å². The lowest BCUT2D eigenvalue weighted by molar-refractivity contribution is -0.131. The number of thiophene rings is 1. The number of aryl methyl sites for hydroxylation is 2. The summed E-state index contributed by atoms with van der Waals surface area (Å²) < 4.78 is 0. The van der Waals surface area contributed by atoms with Crippen molar-refractivity contribution in [3.05, 3.63) is 92.9 Å². The van der Waals surface area contributed by atoms with Crippen molar-refractivity contribution < 1.29 is 9.59 Å². The lowest BCUT2D eigenvalue weighted by atomic mass is 9.96. The maximum atomic E-state index is 13.5. The summed E-state index contributed by atoms with van der Waals surface area (Å²) in [6, 6.07) is 16.8. The standard InChI is InChI=1S/C25H21ClN4O2S2/c1-14-21(15(2)28-27-14)16-7-9-17(10-8-16)22(18-11-12-33-13-18)30-25(32)23(24(31)29-30)34-20-6-4-3-5-19(20)26/h3-13,22-23H,1-2H3,(H,27,28)(H,29,31). The van der Waals surface area contributed by atoms with Crippen LogP contribution in [0.1, 0.15) is 28.6 Å².